The summed E-state index contributed by atoms with van der Waals surface area (Å²) in [6.07, 6.45) is 0. The topological polar surface area (TPSA) is 0 Å². The maximum absolute atomic E-state index is 2.47. The van der Waals surface area contributed by atoms with Crippen molar-refractivity contribution >= 4 is 302 Å². The molecule has 0 atom stereocenters. The lowest BCUT2D eigenvalue weighted by Gasteiger charge is -2.24. The van der Waals surface area contributed by atoms with Crippen molar-refractivity contribution in [2.45, 2.75) is 0 Å². The van der Waals surface area contributed by atoms with Gasteiger partial charge in [-0.05, 0) is 302 Å². The minimum atomic E-state index is 1.30. The van der Waals surface area contributed by atoms with Crippen molar-refractivity contribution < 1.29 is 0 Å². The Morgan fingerprint density at radius 2 is 0.150 bits per heavy atom. The fraction of sp³-hybridized carbons (Fsp3) is 0. The Morgan fingerprint density at radius 1 is 0.0700 bits per heavy atom. The zero-order valence-corrected chi connectivity index (χ0v) is 53.4. The number of fused-ring (bicyclic) bond motifs is 18. The Morgan fingerprint density at radius 3 is 0.240 bits per heavy atom. The highest BCUT2D eigenvalue weighted by Gasteiger charge is 2.29. The van der Waals surface area contributed by atoms with Gasteiger partial charge in [-0.25, -0.2) is 0 Å². The third-order valence-corrected chi connectivity index (χ3v) is 26.3. The van der Waals surface area contributed by atoms with E-state index in [0.717, 1.165) is 0 Å². The van der Waals surface area contributed by atoms with E-state index >= 15 is 0 Å². The van der Waals surface area contributed by atoms with Crippen LogP contribution in [-0.4, -0.2) is 0 Å². The highest BCUT2D eigenvalue weighted by Crippen LogP contribution is 2.58. The minimum Gasteiger partial charge on any atom is -0.0610 e. The van der Waals surface area contributed by atoms with Crippen molar-refractivity contribution in [1.29, 1.82) is 0 Å². The molecular formula is C100H44. The van der Waals surface area contributed by atoms with E-state index in [-0.39, 0.29) is 0 Å². The molecule has 0 unspecified atom stereocenters. The summed E-state index contributed by atoms with van der Waals surface area (Å²) in [6, 6.07) is 106. The molecule has 0 aliphatic carbocycles. The molecule has 100 heavy (non-hydrogen) atoms. The number of hydrogen-bond donors (Lipinski definition) is 0. The molecule has 0 aromatic heterocycles. The van der Waals surface area contributed by atoms with Crippen LogP contribution in [0.2, 0.25) is 0 Å². The Bertz CT molecular complexity index is 8000. The van der Waals surface area contributed by atoms with Gasteiger partial charge in [-0.1, -0.05) is 267 Å². The lowest BCUT2D eigenvalue weighted by molar-refractivity contribution is 1.80. The Labute approximate surface area is 564 Å². The first-order valence-corrected chi connectivity index (χ1v) is 35.5. The largest absolute Gasteiger partial charge is 0.0610 e. The standard InChI is InChI=1S/C100H44/c1-5-45-6-2-10-48-52-14-18-56-60-22-26-64-68-30-34-72-76-38-42-80-82-44-40-78-74-36-32-70-66-28-24-62-58-20-16-54-50-12-4-8-46-7-3-11-49(84(46)50)53-15-19-57(88(58)86(53)54)61-23-27-65(92(66)90(61)62)69-31-35-73(96(74)94(69)70)77-39-43-81(100(82)98(77)78)79-41-37-75(97(76)99(79)80)71-33-29-67(93(68)95(71)72)63-25-21-59(89(60)91(63)64)55-17-13-51(85(52)87(55)56)47(9-1)83(45)48/h1-44H. The van der Waals surface area contributed by atoms with Gasteiger partial charge in [0, 0.05) is 0 Å². The molecule has 0 saturated heterocycles. The van der Waals surface area contributed by atoms with Crippen LogP contribution in [0.15, 0.2) is 267 Å². The van der Waals surface area contributed by atoms with Gasteiger partial charge in [-0.15, -0.1) is 0 Å². The molecular weight excluding hydrogens is 1200 g/mol. The molecule has 0 spiro atoms. The summed E-state index contributed by atoms with van der Waals surface area (Å²) < 4.78 is 0. The van der Waals surface area contributed by atoms with Gasteiger partial charge in [0.25, 0.3) is 0 Å². The van der Waals surface area contributed by atoms with E-state index in [0.29, 0.717) is 0 Å². The second-order valence-electron chi connectivity index (χ2n) is 30.0. The zero-order valence-electron chi connectivity index (χ0n) is 53.4. The molecule has 0 heterocycles. The van der Waals surface area contributed by atoms with E-state index in [1.54, 1.807) is 0 Å². The predicted octanol–water partition coefficient (Wildman–Crippen LogP) is 28.9. The van der Waals surface area contributed by atoms with Gasteiger partial charge >= 0.3 is 0 Å². The molecule has 0 radical (unpaired) electrons. The van der Waals surface area contributed by atoms with Crippen molar-refractivity contribution in [2.75, 3.05) is 0 Å². The maximum Gasteiger partial charge on any atom is -0.00139 e. The molecule has 0 aliphatic heterocycles. The lowest BCUT2D eigenvalue weighted by Crippen LogP contribution is -1.95. The summed E-state index contributed by atoms with van der Waals surface area (Å²) in [5, 5.41) is 75.5. The molecule has 0 heteroatoms. The van der Waals surface area contributed by atoms with E-state index in [1.165, 1.54) is 302 Å². The average molecular weight is 1250 g/mol. The summed E-state index contributed by atoms with van der Waals surface area (Å²) in [5.74, 6) is 0. The van der Waals surface area contributed by atoms with Crippen LogP contribution in [0.5, 0.6) is 0 Å². The molecule has 0 N–H and O–H groups in total. The van der Waals surface area contributed by atoms with E-state index in [9.17, 15) is 0 Å². The summed E-state index contributed by atoms with van der Waals surface area (Å²) in [7, 11) is 0. The third kappa shape index (κ3) is 4.98. The molecule has 0 bridgehead atoms. The van der Waals surface area contributed by atoms with E-state index in [4.69, 9.17) is 0 Å². The lowest BCUT2D eigenvalue weighted by atomic mass is 9.79. The van der Waals surface area contributed by atoms with E-state index in [2.05, 4.69) is 267 Å². The van der Waals surface area contributed by atoms with Crippen molar-refractivity contribution in [3.63, 3.8) is 0 Å². The molecule has 0 fully saturated rings. The molecule has 29 aromatic rings. The fourth-order valence-electron chi connectivity index (χ4n) is 22.7. The first-order chi connectivity index (χ1) is 49.7. The number of hydrogen-bond acceptors (Lipinski definition) is 0. The van der Waals surface area contributed by atoms with Crippen LogP contribution >= 0.6 is 0 Å². The average Bonchev–Trinajstić information content (AvgIpc) is 0.674. The predicted molar refractivity (Wildman–Crippen MR) is 437 cm³/mol. The van der Waals surface area contributed by atoms with Gasteiger partial charge in [0.05, 0.1) is 0 Å². The smallest absolute Gasteiger partial charge is 0.00139 e. The zero-order chi connectivity index (χ0) is 63.4. The molecule has 0 aliphatic rings. The van der Waals surface area contributed by atoms with Gasteiger partial charge in [-0.3, -0.25) is 0 Å². The highest BCUT2D eigenvalue weighted by molar-refractivity contribution is 6.53. The second-order valence-corrected chi connectivity index (χ2v) is 30.0. The molecule has 0 saturated carbocycles. The number of rotatable bonds is 0. The minimum absolute atomic E-state index is 1.30. The summed E-state index contributed by atoms with van der Waals surface area (Å²) in [6.45, 7) is 0. The van der Waals surface area contributed by atoms with Gasteiger partial charge < -0.3 is 0 Å². The van der Waals surface area contributed by atoms with Crippen molar-refractivity contribution in [2.24, 2.45) is 0 Å². The van der Waals surface area contributed by atoms with Crippen molar-refractivity contribution in [3.05, 3.63) is 267 Å². The van der Waals surface area contributed by atoms with Gasteiger partial charge in [0.15, 0.2) is 0 Å². The van der Waals surface area contributed by atoms with Crippen molar-refractivity contribution in [1.82, 2.24) is 0 Å². The van der Waals surface area contributed by atoms with Crippen LogP contribution in [0.3, 0.4) is 0 Å². The van der Waals surface area contributed by atoms with Crippen LogP contribution in [0.1, 0.15) is 0 Å². The third-order valence-electron chi connectivity index (χ3n) is 26.3. The molecule has 29 aromatic carbocycles. The second kappa shape index (κ2) is 15.7. The fourth-order valence-corrected chi connectivity index (χ4v) is 22.7. The SMILES string of the molecule is c1cc2cccc3c4ccc5c6ccc7c8ccc9c%10ccc%11c%12ccc%13c%14ccc%15c%16ccc%17c%18ccc%19c%20cccc%21cccc(c%22ccc(c%23ccc(c%24ccc(c%25ccc(c%26ccc(c%27ccc(c%28ccc(c%29ccc(c(c1)c23)c4c%295)c6c%287)c8c%279)c%10c%26%11)c%12c%25%13)c%14c%24%15)c%16c%23%17)c%18c%22%19)c%21%20. The van der Waals surface area contributed by atoms with E-state index in [1.807, 2.05) is 0 Å². The first-order valence-electron chi connectivity index (χ1n) is 35.5. The van der Waals surface area contributed by atoms with Crippen LogP contribution in [0, 0.1) is 0 Å². The molecule has 0 amide bonds. The van der Waals surface area contributed by atoms with Crippen molar-refractivity contribution in [3.8, 4) is 0 Å². The Hall–Kier alpha value is -13.0. The quantitative estimate of drug-likeness (QED) is 0.105. The van der Waals surface area contributed by atoms with Crippen LogP contribution in [0.25, 0.3) is 302 Å². The maximum atomic E-state index is 2.47. The van der Waals surface area contributed by atoms with E-state index < -0.39 is 0 Å². The molecule has 0 nitrogen and oxygen atoms in total. The van der Waals surface area contributed by atoms with Crippen LogP contribution < -0.4 is 0 Å². The monoisotopic (exact) mass is 1240 g/mol. The summed E-state index contributed by atoms with van der Waals surface area (Å²) in [5.41, 5.74) is 0. The number of benzene rings is 29. The molecule has 29 rings (SSSR count). The van der Waals surface area contributed by atoms with Crippen LogP contribution in [-0.2, 0) is 0 Å². The van der Waals surface area contributed by atoms with Gasteiger partial charge in [-0.2, -0.15) is 0 Å². The Kier molecular flexibility index (Phi) is 7.63. The van der Waals surface area contributed by atoms with Gasteiger partial charge in [0.2, 0.25) is 0 Å². The first kappa shape index (κ1) is 48.7. The van der Waals surface area contributed by atoms with Gasteiger partial charge in [0.1, 0.15) is 0 Å². The Balaban J connectivity index is 0.639. The summed E-state index contributed by atoms with van der Waals surface area (Å²) in [4.78, 5) is 0. The normalized spacial score (nSPS) is 13.6. The molecule has 444 valence electrons. The summed E-state index contributed by atoms with van der Waals surface area (Å²) >= 11 is 0. The van der Waals surface area contributed by atoms with Crippen LogP contribution in [0.4, 0.5) is 0 Å². The highest BCUT2D eigenvalue weighted by atomic mass is 14.3.